The van der Waals surface area contributed by atoms with E-state index in [1.807, 2.05) is 0 Å². The molecule has 2 N–H and O–H groups in total. The molecule has 0 bridgehead atoms. The number of likely N-dealkylation sites (tertiary alicyclic amines) is 1. The maximum Gasteiger partial charge on any atom is 0.296 e. The quantitative estimate of drug-likeness (QED) is 0.493. The molecule has 37 heavy (non-hydrogen) atoms. The number of nitrogens with one attached hydrogen (secondary N) is 1. The van der Waals surface area contributed by atoms with E-state index in [4.69, 9.17) is 30.5 Å². The van der Waals surface area contributed by atoms with Crippen LogP contribution in [0.2, 0.25) is 5.02 Å². The van der Waals surface area contributed by atoms with Crippen molar-refractivity contribution in [3.8, 4) is 11.9 Å². The molecule has 2 aromatic heterocycles. The third kappa shape index (κ3) is 4.58. The number of rotatable bonds is 6. The summed E-state index contributed by atoms with van der Waals surface area (Å²) in [7, 11) is 0. The van der Waals surface area contributed by atoms with E-state index < -0.39 is 48.6 Å². The molecule has 10 nitrogen and oxygen atoms in total. The number of carbonyl (C=O) groups excluding carboxylic acids is 1. The number of carbonyl (C=O) groups is 1. The standard InChI is InChI=1S/C24H23ClF2N4O6/c25-13-7-16-21(30-24(28-16)37-18-10-35-19-17(32)9-34-20(18)19)29-22(13)36-8-12-14(26)5-11(6-15(12)27)23(33)31-3-1-2-4-31/h5-7,17-20,32H,1-4,8-10H2,(H,28,29,30)/t17-,18-,19?,20?/m1/s1. The van der Waals surface area contributed by atoms with E-state index in [0.717, 1.165) is 25.0 Å². The molecule has 0 saturated carbocycles. The molecule has 196 valence electrons. The number of fused-ring (bicyclic) bond motifs is 2. The molecule has 3 fully saturated rings. The summed E-state index contributed by atoms with van der Waals surface area (Å²) in [6, 6.07) is 3.68. The number of halogens is 3. The van der Waals surface area contributed by atoms with Crippen LogP contribution < -0.4 is 9.47 Å². The summed E-state index contributed by atoms with van der Waals surface area (Å²) in [5.41, 5.74) is 0.275. The zero-order valence-corrected chi connectivity index (χ0v) is 20.2. The predicted octanol–water partition coefficient (Wildman–Crippen LogP) is 2.61. The number of aliphatic hydroxyl groups is 1. The number of ether oxygens (including phenoxy) is 4. The minimum Gasteiger partial charge on any atom is -0.471 e. The van der Waals surface area contributed by atoms with E-state index >= 15 is 0 Å². The van der Waals surface area contributed by atoms with Gasteiger partial charge >= 0.3 is 0 Å². The first-order valence-electron chi connectivity index (χ1n) is 11.9. The number of aromatic nitrogens is 3. The summed E-state index contributed by atoms with van der Waals surface area (Å²) in [4.78, 5) is 25.5. The molecule has 1 aromatic carbocycles. The van der Waals surface area contributed by atoms with E-state index in [1.165, 1.54) is 6.07 Å². The van der Waals surface area contributed by atoms with E-state index in [2.05, 4.69) is 15.0 Å². The number of H-pyrrole nitrogens is 1. The van der Waals surface area contributed by atoms with Crippen LogP contribution in [0.25, 0.3) is 11.2 Å². The minimum absolute atomic E-state index is 0.0428. The fourth-order valence-corrected chi connectivity index (χ4v) is 5.04. The Morgan fingerprint density at radius 3 is 2.62 bits per heavy atom. The van der Waals surface area contributed by atoms with Crippen LogP contribution in [0, 0.1) is 11.6 Å². The topological polar surface area (TPSA) is 119 Å². The number of aromatic amines is 1. The van der Waals surface area contributed by atoms with Crippen LogP contribution in [0.5, 0.6) is 11.9 Å². The van der Waals surface area contributed by atoms with Crippen LogP contribution in [-0.2, 0) is 16.1 Å². The zero-order chi connectivity index (χ0) is 25.7. The number of pyridine rings is 1. The van der Waals surface area contributed by atoms with Gasteiger partial charge in [0.15, 0.2) is 11.8 Å². The largest absolute Gasteiger partial charge is 0.471 e. The Morgan fingerprint density at radius 1 is 1.14 bits per heavy atom. The van der Waals surface area contributed by atoms with Gasteiger partial charge in [-0.2, -0.15) is 9.97 Å². The highest BCUT2D eigenvalue weighted by atomic mass is 35.5. The molecule has 3 saturated heterocycles. The fourth-order valence-electron chi connectivity index (χ4n) is 4.83. The second-order valence-electron chi connectivity index (χ2n) is 9.21. The summed E-state index contributed by atoms with van der Waals surface area (Å²) < 4.78 is 51.9. The van der Waals surface area contributed by atoms with Crippen LogP contribution in [-0.4, -0.2) is 81.6 Å². The summed E-state index contributed by atoms with van der Waals surface area (Å²) in [6.45, 7) is 1.05. The normalized spacial score (nSPS) is 25.1. The molecule has 0 aliphatic carbocycles. The van der Waals surface area contributed by atoms with Crippen molar-refractivity contribution in [3.63, 3.8) is 0 Å². The van der Waals surface area contributed by atoms with Crippen LogP contribution in [0.3, 0.4) is 0 Å². The number of benzene rings is 1. The maximum atomic E-state index is 14.7. The Kier molecular flexibility index (Phi) is 6.35. The van der Waals surface area contributed by atoms with Gasteiger partial charge in [0.25, 0.3) is 11.9 Å². The first-order valence-corrected chi connectivity index (χ1v) is 12.3. The van der Waals surface area contributed by atoms with E-state index in [1.54, 1.807) is 4.90 Å². The molecule has 2 unspecified atom stereocenters. The molecule has 3 aliphatic rings. The van der Waals surface area contributed by atoms with Crippen molar-refractivity contribution in [2.45, 2.75) is 43.9 Å². The monoisotopic (exact) mass is 536 g/mol. The van der Waals surface area contributed by atoms with Crippen LogP contribution in [0.15, 0.2) is 18.2 Å². The second-order valence-corrected chi connectivity index (χ2v) is 9.62. The van der Waals surface area contributed by atoms with Gasteiger partial charge < -0.3 is 33.9 Å². The van der Waals surface area contributed by atoms with E-state index in [9.17, 15) is 18.7 Å². The third-order valence-electron chi connectivity index (χ3n) is 6.75. The summed E-state index contributed by atoms with van der Waals surface area (Å²) in [6.07, 6.45) is -0.292. The third-order valence-corrected chi connectivity index (χ3v) is 7.02. The van der Waals surface area contributed by atoms with Gasteiger partial charge in [-0.15, -0.1) is 0 Å². The Morgan fingerprint density at radius 2 is 1.86 bits per heavy atom. The van der Waals surface area contributed by atoms with Crippen LogP contribution >= 0.6 is 11.6 Å². The average Bonchev–Trinajstić information content (AvgIpc) is 3.65. The first kappa shape index (κ1) is 24.3. The zero-order valence-electron chi connectivity index (χ0n) is 19.5. The fraction of sp³-hybridized carbons (Fsp3) is 0.458. The minimum atomic E-state index is -0.897. The van der Waals surface area contributed by atoms with Gasteiger partial charge in [-0.25, -0.2) is 8.78 Å². The smallest absolute Gasteiger partial charge is 0.296 e. The number of hydrogen-bond donors (Lipinski definition) is 2. The molecule has 13 heteroatoms. The molecular weight excluding hydrogens is 514 g/mol. The van der Waals surface area contributed by atoms with Crippen molar-refractivity contribution in [2.75, 3.05) is 26.3 Å². The van der Waals surface area contributed by atoms with Gasteiger partial charge in [0.1, 0.15) is 41.6 Å². The maximum absolute atomic E-state index is 14.7. The number of nitrogens with zero attached hydrogens (tertiary/aromatic N) is 3. The second kappa shape index (κ2) is 9.67. The highest BCUT2D eigenvalue weighted by molar-refractivity contribution is 6.32. The molecule has 3 aliphatic heterocycles. The predicted molar refractivity (Wildman–Crippen MR) is 125 cm³/mol. The van der Waals surface area contributed by atoms with Crippen molar-refractivity contribution < 1.29 is 37.6 Å². The van der Waals surface area contributed by atoms with Crippen LogP contribution in [0.4, 0.5) is 8.78 Å². The van der Waals surface area contributed by atoms with Crippen molar-refractivity contribution >= 4 is 28.7 Å². The molecule has 0 radical (unpaired) electrons. The Hall–Kier alpha value is -3.06. The molecule has 3 aromatic rings. The SMILES string of the molecule is O=C(c1cc(F)c(COc2nc3nc(O[C@@H]4COC5C4OC[C@H]5O)[nH]c3cc2Cl)c(F)c1)N1CCCC1. The number of aliphatic hydroxyl groups excluding tert-OH is 1. The van der Waals surface area contributed by atoms with Crippen molar-refractivity contribution in [1.29, 1.82) is 0 Å². The number of amides is 1. The van der Waals surface area contributed by atoms with E-state index in [0.29, 0.717) is 18.6 Å². The Balaban J connectivity index is 1.16. The lowest BCUT2D eigenvalue weighted by Gasteiger charge is -2.16. The van der Waals surface area contributed by atoms with Gasteiger partial charge in [0.2, 0.25) is 5.88 Å². The van der Waals surface area contributed by atoms with Crippen molar-refractivity contribution in [2.24, 2.45) is 0 Å². The van der Waals surface area contributed by atoms with Gasteiger partial charge in [-0.3, -0.25) is 4.79 Å². The lowest BCUT2D eigenvalue weighted by molar-refractivity contribution is 0.00706. The van der Waals surface area contributed by atoms with Crippen LogP contribution in [0.1, 0.15) is 28.8 Å². The Bertz CT molecular complexity index is 1330. The van der Waals surface area contributed by atoms with Crippen molar-refractivity contribution in [3.05, 3.63) is 46.0 Å². The average molecular weight is 537 g/mol. The number of imidazole rings is 1. The first-order chi connectivity index (χ1) is 17.9. The molecule has 1 amide bonds. The lowest BCUT2D eigenvalue weighted by atomic mass is 10.1. The van der Waals surface area contributed by atoms with Gasteiger partial charge in [-0.05, 0) is 31.0 Å². The number of hydrogen-bond acceptors (Lipinski definition) is 8. The lowest BCUT2D eigenvalue weighted by Crippen LogP contribution is -2.34. The van der Waals surface area contributed by atoms with Gasteiger partial charge in [0, 0.05) is 18.7 Å². The van der Waals surface area contributed by atoms with Gasteiger partial charge in [-0.1, -0.05) is 11.6 Å². The molecule has 6 rings (SSSR count). The summed E-state index contributed by atoms with van der Waals surface area (Å²) in [5.74, 6) is -2.27. The Labute approximate surface area is 214 Å². The molecule has 0 spiro atoms. The van der Waals surface area contributed by atoms with Gasteiger partial charge in [0.05, 0.1) is 24.3 Å². The molecule has 5 heterocycles. The van der Waals surface area contributed by atoms with Crippen molar-refractivity contribution in [1.82, 2.24) is 19.9 Å². The molecule has 4 atom stereocenters. The molecular formula is C24H23ClF2N4O6. The highest BCUT2D eigenvalue weighted by Gasteiger charge is 2.48. The summed E-state index contributed by atoms with van der Waals surface area (Å²) >= 11 is 6.28. The highest BCUT2D eigenvalue weighted by Crippen LogP contribution is 2.32. The van der Waals surface area contributed by atoms with E-state index in [-0.39, 0.29) is 46.9 Å². The summed E-state index contributed by atoms with van der Waals surface area (Å²) in [5, 5.41) is 9.97.